The first kappa shape index (κ1) is 36.5. The number of hydrogen-bond donors (Lipinski definition) is 0. The number of benzene rings is 9. The molecule has 0 aliphatic carbocycles. The highest BCUT2D eigenvalue weighted by Crippen LogP contribution is 2.41. The number of fused-ring (bicyclic) bond motifs is 9. The number of hydrogen-bond acceptors (Lipinski definition) is 2. The van der Waals surface area contributed by atoms with Gasteiger partial charge in [0.15, 0.2) is 0 Å². The van der Waals surface area contributed by atoms with Gasteiger partial charge in [-0.2, -0.15) is 0 Å². The van der Waals surface area contributed by atoms with Crippen molar-refractivity contribution in [2.75, 3.05) is 4.90 Å². The summed E-state index contributed by atoms with van der Waals surface area (Å²) < 4.78 is 8.62. The Morgan fingerprint density at radius 3 is 1.68 bits per heavy atom. The number of allylic oxidation sites excluding steroid dienone is 3. The van der Waals surface area contributed by atoms with Crippen molar-refractivity contribution in [3.8, 4) is 33.4 Å². The van der Waals surface area contributed by atoms with Gasteiger partial charge in [-0.1, -0.05) is 164 Å². The summed E-state index contributed by atoms with van der Waals surface area (Å²) in [5, 5.41) is 7.40. The molecule has 0 saturated heterocycles. The Morgan fingerprint density at radius 2 is 0.968 bits per heavy atom. The highest BCUT2D eigenvalue weighted by molar-refractivity contribution is 6.23. The van der Waals surface area contributed by atoms with Crippen molar-refractivity contribution in [3.05, 3.63) is 242 Å². The molecule has 3 heteroatoms. The van der Waals surface area contributed by atoms with Crippen LogP contribution < -0.4 is 4.90 Å². The minimum absolute atomic E-state index is 0.881. The van der Waals surface area contributed by atoms with Crippen LogP contribution in [-0.4, -0.2) is 4.40 Å². The molecule has 12 aromatic rings. The number of aromatic nitrogens is 1. The van der Waals surface area contributed by atoms with E-state index in [0.29, 0.717) is 0 Å². The average Bonchev–Trinajstić information content (AvgIpc) is 4.01. The van der Waals surface area contributed by atoms with Gasteiger partial charge in [0.2, 0.25) is 0 Å². The van der Waals surface area contributed by atoms with Gasteiger partial charge in [0.05, 0.1) is 16.6 Å². The van der Waals surface area contributed by atoms with E-state index in [2.05, 4.69) is 228 Å². The van der Waals surface area contributed by atoms with Gasteiger partial charge in [-0.05, 0) is 112 Å². The van der Waals surface area contributed by atoms with E-state index in [9.17, 15) is 0 Å². The maximum absolute atomic E-state index is 6.19. The highest BCUT2D eigenvalue weighted by Gasteiger charge is 2.18. The number of para-hydroxylation sites is 3. The third-order valence-electron chi connectivity index (χ3n) is 12.6. The van der Waals surface area contributed by atoms with Crippen LogP contribution in [0.15, 0.2) is 241 Å². The molecule has 0 bridgehead atoms. The van der Waals surface area contributed by atoms with Crippen LogP contribution in [0, 0.1) is 0 Å². The summed E-state index contributed by atoms with van der Waals surface area (Å²) in [6.07, 6.45) is 8.26. The second kappa shape index (κ2) is 14.9. The van der Waals surface area contributed by atoms with Crippen molar-refractivity contribution < 1.29 is 4.42 Å². The van der Waals surface area contributed by atoms with Crippen LogP contribution >= 0.6 is 0 Å². The molecule has 9 aromatic carbocycles. The normalized spacial score (nSPS) is 12.2. The van der Waals surface area contributed by atoms with Crippen LogP contribution in [0.2, 0.25) is 0 Å². The first-order valence-corrected chi connectivity index (χ1v) is 21.4. The number of rotatable bonds is 9. The van der Waals surface area contributed by atoms with Crippen LogP contribution in [0.1, 0.15) is 5.56 Å². The summed E-state index contributed by atoms with van der Waals surface area (Å²) in [6.45, 7) is 4.31. The van der Waals surface area contributed by atoms with Crippen LogP contribution in [0.3, 0.4) is 0 Å². The van der Waals surface area contributed by atoms with Crippen LogP contribution in [0.5, 0.6) is 0 Å². The molecule has 0 fully saturated rings. The lowest BCUT2D eigenvalue weighted by Gasteiger charge is -2.26. The Balaban J connectivity index is 0.901. The molecule has 0 saturated carbocycles. The van der Waals surface area contributed by atoms with Crippen LogP contribution in [-0.2, 0) is 0 Å². The first-order valence-electron chi connectivity index (χ1n) is 21.4. The van der Waals surface area contributed by atoms with E-state index in [0.717, 1.165) is 55.7 Å². The predicted molar refractivity (Wildman–Crippen MR) is 267 cm³/mol. The molecule has 63 heavy (non-hydrogen) atoms. The minimum Gasteiger partial charge on any atom is -0.456 e. The summed E-state index contributed by atoms with van der Waals surface area (Å²) >= 11 is 0. The maximum atomic E-state index is 6.19. The topological polar surface area (TPSA) is 20.8 Å². The van der Waals surface area contributed by atoms with Crippen molar-refractivity contribution in [1.82, 2.24) is 4.40 Å². The average molecular weight is 805 g/mol. The van der Waals surface area contributed by atoms with Gasteiger partial charge in [0.25, 0.3) is 0 Å². The third kappa shape index (κ3) is 6.21. The van der Waals surface area contributed by atoms with E-state index in [1.54, 1.807) is 0 Å². The number of furan rings is 1. The first-order chi connectivity index (χ1) is 31.2. The Morgan fingerprint density at radius 1 is 0.429 bits per heavy atom. The summed E-state index contributed by atoms with van der Waals surface area (Å²) in [5.74, 6) is 0. The maximum Gasteiger partial charge on any atom is 0.136 e. The van der Waals surface area contributed by atoms with E-state index in [1.807, 2.05) is 18.2 Å². The lowest BCUT2D eigenvalue weighted by molar-refractivity contribution is 0.669. The van der Waals surface area contributed by atoms with Crippen LogP contribution in [0.4, 0.5) is 11.4 Å². The van der Waals surface area contributed by atoms with Crippen molar-refractivity contribution in [3.63, 3.8) is 0 Å². The van der Waals surface area contributed by atoms with E-state index in [-0.39, 0.29) is 0 Å². The van der Waals surface area contributed by atoms with Gasteiger partial charge >= 0.3 is 0 Å². The van der Waals surface area contributed by atoms with Gasteiger partial charge in [-0.3, -0.25) is 0 Å². The standard InChI is InChI=1S/C60H40N2O/c1-2-47(15-10-12-40-22-36-52-51-17-7-9-21-58(51)63-59(52)38-40)61(48-32-27-44(28-33-48)43-25-23-42(24-26-43)41-13-4-3-5-14-41)49-34-29-45(30-35-49)46-31-37-57-55(39-46)54-19-11-18-53-50-16-6-8-20-56(50)62(57)60(53)54/h2-39H,1H2. The largest absolute Gasteiger partial charge is 0.456 e. The molecule has 0 N–H and O–H groups in total. The summed E-state index contributed by atoms with van der Waals surface area (Å²) in [6, 6.07) is 73.9. The van der Waals surface area contributed by atoms with Gasteiger partial charge < -0.3 is 13.7 Å². The molecule has 12 rings (SSSR count). The zero-order valence-electron chi connectivity index (χ0n) is 34.4. The molecule has 0 unspecified atom stereocenters. The van der Waals surface area contributed by atoms with Gasteiger partial charge in [0, 0.05) is 49.4 Å². The SMILES string of the molecule is C=CC(=CC=Cc1ccc2c(c1)oc1ccccc12)N(c1ccc(-c2ccc(-c3ccccc3)cc2)cc1)c1ccc(-c2ccc3c(c2)c2cccc4c5ccccc5n3c42)cc1. The molecular weight excluding hydrogens is 765 g/mol. The Kier molecular flexibility index (Phi) is 8.65. The quantitative estimate of drug-likeness (QED) is 0.136. The summed E-state index contributed by atoms with van der Waals surface area (Å²) in [7, 11) is 0. The van der Waals surface area contributed by atoms with E-state index >= 15 is 0 Å². The van der Waals surface area contributed by atoms with Crippen LogP contribution in [0.25, 0.3) is 99.5 Å². The van der Waals surface area contributed by atoms with E-state index in [1.165, 1.54) is 60.3 Å². The Labute approximate surface area is 365 Å². The molecule has 3 aromatic heterocycles. The van der Waals surface area contributed by atoms with Crippen molar-refractivity contribution in [2.45, 2.75) is 0 Å². The van der Waals surface area contributed by atoms with E-state index in [4.69, 9.17) is 4.42 Å². The number of nitrogens with zero attached hydrogens (tertiary/aromatic N) is 2. The minimum atomic E-state index is 0.881. The second-order valence-electron chi connectivity index (χ2n) is 16.2. The molecule has 0 atom stereocenters. The molecular formula is C60H40N2O. The predicted octanol–water partition coefficient (Wildman–Crippen LogP) is 16.7. The lowest BCUT2D eigenvalue weighted by atomic mass is 10.00. The Bertz CT molecular complexity index is 3720. The molecule has 0 aliphatic heterocycles. The zero-order chi connectivity index (χ0) is 41.9. The van der Waals surface area contributed by atoms with Gasteiger partial charge in [0.1, 0.15) is 11.2 Å². The van der Waals surface area contributed by atoms with Gasteiger partial charge in [-0.15, -0.1) is 0 Å². The molecule has 0 spiro atoms. The fraction of sp³-hybridized carbons (Fsp3) is 0. The number of anilines is 2. The van der Waals surface area contributed by atoms with Crippen molar-refractivity contribution >= 4 is 77.5 Å². The fourth-order valence-electron chi connectivity index (χ4n) is 9.49. The molecule has 0 radical (unpaired) electrons. The molecule has 3 nitrogen and oxygen atoms in total. The summed E-state index contributed by atoms with van der Waals surface area (Å²) in [5.41, 5.74) is 16.7. The second-order valence-corrected chi connectivity index (χ2v) is 16.2. The van der Waals surface area contributed by atoms with Gasteiger partial charge in [-0.25, -0.2) is 0 Å². The monoisotopic (exact) mass is 804 g/mol. The lowest BCUT2D eigenvalue weighted by Crippen LogP contribution is -2.14. The zero-order valence-corrected chi connectivity index (χ0v) is 34.4. The van der Waals surface area contributed by atoms with Crippen molar-refractivity contribution in [2.24, 2.45) is 0 Å². The van der Waals surface area contributed by atoms with Crippen molar-refractivity contribution in [1.29, 1.82) is 0 Å². The molecule has 3 heterocycles. The fourth-order valence-corrected chi connectivity index (χ4v) is 9.49. The smallest absolute Gasteiger partial charge is 0.136 e. The molecule has 296 valence electrons. The molecule has 0 aliphatic rings. The highest BCUT2D eigenvalue weighted by atomic mass is 16.3. The Hall–Kier alpha value is -8.40. The summed E-state index contributed by atoms with van der Waals surface area (Å²) in [4.78, 5) is 2.27. The third-order valence-corrected chi connectivity index (χ3v) is 12.6. The van der Waals surface area contributed by atoms with E-state index < -0.39 is 0 Å². The molecule has 0 amide bonds.